The number of amides is 2. The van der Waals surface area contributed by atoms with E-state index in [1.165, 1.54) is 18.7 Å². The number of rotatable bonds is 6. The number of nitrogens with one attached hydrogen (secondary N) is 2. The van der Waals surface area contributed by atoms with E-state index < -0.39 is 17.5 Å². The molecule has 150 valence electrons. The van der Waals surface area contributed by atoms with Crippen molar-refractivity contribution < 1.29 is 18.4 Å². The molecule has 0 aliphatic heterocycles. The van der Waals surface area contributed by atoms with Gasteiger partial charge in [0.15, 0.2) is 0 Å². The lowest BCUT2D eigenvalue weighted by Crippen LogP contribution is -2.23. The van der Waals surface area contributed by atoms with Crippen LogP contribution in [0.3, 0.4) is 0 Å². The summed E-state index contributed by atoms with van der Waals surface area (Å²) >= 11 is 0. The van der Waals surface area contributed by atoms with Crippen LogP contribution in [0.5, 0.6) is 0 Å². The van der Waals surface area contributed by atoms with Crippen molar-refractivity contribution in [1.29, 1.82) is 0 Å². The number of carbonyl (C=O) groups is 2. The Hall–Kier alpha value is -3.62. The minimum absolute atomic E-state index is 0.0388. The Morgan fingerprint density at radius 2 is 1.83 bits per heavy atom. The quantitative estimate of drug-likeness (QED) is 0.667. The fourth-order valence-corrected chi connectivity index (χ4v) is 2.45. The number of anilines is 1. The highest BCUT2D eigenvalue weighted by atomic mass is 19.1. The molecule has 9 heteroatoms. The average molecular weight is 399 g/mol. The number of aromatic nitrogens is 3. The predicted octanol–water partition coefficient (Wildman–Crippen LogP) is 3.07. The zero-order valence-corrected chi connectivity index (χ0v) is 15.8. The molecule has 0 spiro atoms. The van der Waals surface area contributed by atoms with Gasteiger partial charge in [-0.25, -0.2) is 18.7 Å². The van der Waals surface area contributed by atoms with E-state index in [0.717, 1.165) is 18.2 Å². The van der Waals surface area contributed by atoms with Crippen LogP contribution in [0.25, 0.3) is 5.82 Å². The van der Waals surface area contributed by atoms with Gasteiger partial charge in [-0.05, 0) is 29.8 Å². The van der Waals surface area contributed by atoms with E-state index in [4.69, 9.17) is 0 Å². The van der Waals surface area contributed by atoms with E-state index in [2.05, 4.69) is 20.6 Å². The molecule has 0 radical (unpaired) electrons. The van der Waals surface area contributed by atoms with Crippen LogP contribution in [-0.2, 0) is 11.3 Å². The summed E-state index contributed by atoms with van der Waals surface area (Å²) in [7, 11) is 0. The van der Waals surface area contributed by atoms with E-state index in [-0.39, 0.29) is 24.1 Å². The highest BCUT2D eigenvalue weighted by molar-refractivity contribution is 5.92. The maximum atomic E-state index is 13.2. The normalized spacial score (nSPS) is 10.8. The first-order valence-electron chi connectivity index (χ1n) is 8.86. The van der Waals surface area contributed by atoms with Gasteiger partial charge in [0, 0.05) is 24.7 Å². The van der Waals surface area contributed by atoms with Crippen LogP contribution in [0.4, 0.5) is 14.5 Å². The molecule has 0 bridgehead atoms. The molecule has 0 saturated heterocycles. The first kappa shape index (κ1) is 20.1. The Balaban J connectivity index is 1.63. The van der Waals surface area contributed by atoms with Crippen LogP contribution in [0.1, 0.15) is 29.9 Å². The second kappa shape index (κ2) is 8.59. The smallest absolute Gasteiger partial charge is 0.271 e. The predicted molar refractivity (Wildman–Crippen MR) is 102 cm³/mol. The fourth-order valence-electron chi connectivity index (χ4n) is 2.45. The SMILES string of the molecule is CC(C)C(=O)Nc1ccc(-n2cnc(C(=O)NCc3cc(F)cc(F)c3)c2)nc1. The van der Waals surface area contributed by atoms with Crippen LogP contribution in [0, 0.1) is 17.6 Å². The maximum absolute atomic E-state index is 13.2. The molecule has 0 unspecified atom stereocenters. The third kappa shape index (κ3) is 5.22. The fraction of sp³-hybridized carbons (Fsp3) is 0.200. The van der Waals surface area contributed by atoms with E-state index >= 15 is 0 Å². The molecule has 29 heavy (non-hydrogen) atoms. The molecular formula is C20H19F2N5O2. The zero-order chi connectivity index (χ0) is 21.0. The number of imidazole rings is 1. The Bertz CT molecular complexity index is 1010. The topological polar surface area (TPSA) is 88.9 Å². The molecule has 1 aromatic carbocycles. The Morgan fingerprint density at radius 1 is 1.10 bits per heavy atom. The largest absolute Gasteiger partial charge is 0.347 e. The van der Waals surface area contributed by atoms with Gasteiger partial charge in [-0.1, -0.05) is 13.8 Å². The standard InChI is InChI=1S/C20H19F2N5O2/c1-12(2)19(28)26-16-3-4-18(23-9-16)27-10-17(25-11-27)20(29)24-8-13-5-14(21)7-15(22)6-13/h3-7,9-12H,8H2,1-2H3,(H,24,29)(H,26,28). The molecule has 0 saturated carbocycles. The van der Waals surface area contributed by atoms with Crippen LogP contribution >= 0.6 is 0 Å². The molecule has 2 N–H and O–H groups in total. The van der Waals surface area contributed by atoms with Crippen molar-refractivity contribution in [2.75, 3.05) is 5.32 Å². The molecule has 7 nitrogen and oxygen atoms in total. The number of benzene rings is 1. The molecular weight excluding hydrogens is 380 g/mol. The molecule has 0 aliphatic carbocycles. The van der Waals surface area contributed by atoms with Crippen molar-refractivity contribution in [1.82, 2.24) is 19.9 Å². The number of pyridine rings is 1. The lowest BCUT2D eigenvalue weighted by molar-refractivity contribution is -0.118. The number of halogens is 2. The monoisotopic (exact) mass is 399 g/mol. The van der Waals surface area contributed by atoms with Crippen LogP contribution in [-0.4, -0.2) is 26.3 Å². The van der Waals surface area contributed by atoms with Crippen LogP contribution in [0.2, 0.25) is 0 Å². The summed E-state index contributed by atoms with van der Waals surface area (Å²) in [4.78, 5) is 32.2. The van der Waals surface area contributed by atoms with E-state index in [1.807, 2.05) is 0 Å². The average Bonchev–Trinajstić information content (AvgIpc) is 3.16. The summed E-state index contributed by atoms with van der Waals surface area (Å²) in [6, 6.07) is 6.42. The molecule has 3 aromatic rings. The third-order valence-corrected chi connectivity index (χ3v) is 3.99. The highest BCUT2D eigenvalue weighted by Crippen LogP contribution is 2.12. The second-order valence-corrected chi connectivity index (χ2v) is 6.68. The van der Waals surface area contributed by atoms with Gasteiger partial charge in [0.25, 0.3) is 5.91 Å². The van der Waals surface area contributed by atoms with Gasteiger partial charge < -0.3 is 10.6 Å². The lowest BCUT2D eigenvalue weighted by Gasteiger charge is -2.08. The van der Waals surface area contributed by atoms with Gasteiger partial charge in [-0.15, -0.1) is 0 Å². The maximum Gasteiger partial charge on any atom is 0.271 e. The number of hydrogen-bond donors (Lipinski definition) is 2. The molecule has 2 heterocycles. The van der Waals surface area contributed by atoms with Gasteiger partial charge in [0.05, 0.1) is 11.9 Å². The molecule has 2 aromatic heterocycles. The highest BCUT2D eigenvalue weighted by Gasteiger charge is 2.12. The van der Waals surface area contributed by atoms with E-state index in [0.29, 0.717) is 17.1 Å². The Kier molecular flexibility index (Phi) is 5.96. The molecule has 2 amide bonds. The van der Waals surface area contributed by atoms with E-state index in [9.17, 15) is 18.4 Å². The molecule has 0 atom stereocenters. The van der Waals surface area contributed by atoms with Crippen LogP contribution in [0.15, 0.2) is 49.1 Å². The summed E-state index contributed by atoms with van der Waals surface area (Å²) in [5.74, 6) is -1.66. The number of carbonyl (C=O) groups excluding carboxylic acids is 2. The molecule has 3 rings (SSSR count). The van der Waals surface area contributed by atoms with Gasteiger partial charge >= 0.3 is 0 Å². The van der Waals surface area contributed by atoms with Gasteiger partial charge in [0.2, 0.25) is 5.91 Å². The summed E-state index contributed by atoms with van der Waals surface area (Å²) < 4.78 is 28.0. The van der Waals surface area contributed by atoms with Gasteiger partial charge in [-0.2, -0.15) is 0 Å². The molecule has 0 aliphatic rings. The van der Waals surface area contributed by atoms with Crippen molar-refractivity contribution >= 4 is 17.5 Å². The zero-order valence-electron chi connectivity index (χ0n) is 15.8. The number of nitrogens with zero attached hydrogens (tertiary/aromatic N) is 3. The van der Waals surface area contributed by atoms with Crippen molar-refractivity contribution in [2.24, 2.45) is 5.92 Å². The Labute approximate surface area is 165 Å². The summed E-state index contributed by atoms with van der Waals surface area (Å²) in [5.41, 5.74) is 0.990. The summed E-state index contributed by atoms with van der Waals surface area (Å²) in [6.07, 6.45) is 4.41. The van der Waals surface area contributed by atoms with Gasteiger partial charge in [0.1, 0.15) is 29.5 Å². The van der Waals surface area contributed by atoms with Crippen molar-refractivity contribution in [3.05, 3.63) is 71.9 Å². The minimum atomic E-state index is -0.711. The summed E-state index contributed by atoms with van der Waals surface area (Å²) in [5, 5.41) is 5.30. The number of hydrogen-bond acceptors (Lipinski definition) is 4. The Morgan fingerprint density at radius 3 is 2.45 bits per heavy atom. The van der Waals surface area contributed by atoms with Gasteiger partial charge in [-0.3, -0.25) is 14.2 Å². The first-order valence-corrected chi connectivity index (χ1v) is 8.86. The minimum Gasteiger partial charge on any atom is -0.347 e. The van der Waals surface area contributed by atoms with Crippen molar-refractivity contribution in [3.8, 4) is 5.82 Å². The summed E-state index contributed by atoms with van der Waals surface area (Å²) in [6.45, 7) is 3.54. The lowest BCUT2D eigenvalue weighted by atomic mass is 10.2. The second-order valence-electron chi connectivity index (χ2n) is 6.68. The first-order chi connectivity index (χ1) is 13.8. The van der Waals surface area contributed by atoms with Crippen molar-refractivity contribution in [2.45, 2.75) is 20.4 Å². The van der Waals surface area contributed by atoms with Crippen LogP contribution < -0.4 is 10.6 Å². The third-order valence-electron chi connectivity index (χ3n) is 3.99. The van der Waals surface area contributed by atoms with Crippen molar-refractivity contribution in [3.63, 3.8) is 0 Å². The van der Waals surface area contributed by atoms with E-state index in [1.54, 1.807) is 30.5 Å². The molecule has 0 fully saturated rings.